The third-order valence-corrected chi connectivity index (χ3v) is 4.24. The van der Waals surface area contributed by atoms with Crippen molar-refractivity contribution in [3.05, 3.63) is 75.8 Å². The standard InChI is InChI=1S/C18H11N3O4/c19-14-8-7-11(9-15(14)21(24)25)20-17(22)12-5-1-3-10-4-2-6-13(16(10)12)18(20)23/h1-9H,19H2. The average Bonchev–Trinajstić information content (AvgIpc) is 2.60. The van der Waals surface area contributed by atoms with Crippen molar-refractivity contribution < 1.29 is 14.5 Å². The van der Waals surface area contributed by atoms with Crippen LogP contribution in [0.3, 0.4) is 0 Å². The second kappa shape index (κ2) is 5.13. The number of nitro groups is 1. The van der Waals surface area contributed by atoms with Crippen molar-refractivity contribution in [2.24, 2.45) is 0 Å². The lowest BCUT2D eigenvalue weighted by atomic mass is 9.94. The maximum absolute atomic E-state index is 12.9. The molecule has 0 saturated heterocycles. The minimum Gasteiger partial charge on any atom is -0.393 e. The smallest absolute Gasteiger partial charge is 0.294 e. The summed E-state index contributed by atoms with van der Waals surface area (Å²) < 4.78 is 0. The van der Waals surface area contributed by atoms with E-state index >= 15 is 0 Å². The van der Waals surface area contributed by atoms with E-state index in [4.69, 9.17) is 5.73 Å². The van der Waals surface area contributed by atoms with E-state index in [9.17, 15) is 19.7 Å². The lowest BCUT2D eigenvalue weighted by molar-refractivity contribution is -0.383. The van der Waals surface area contributed by atoms with E-state index in [1.54, 1.807) is 24.3 Å². The van der Waals surface area contributed by atoms with Gasteiger partial charge in [-0.05, 0) is 29.7 Å². The summed E-state index contributed by atoms with van der Waals surface area (Å²) in [6, 6.07) is 14.3. The van der Waals surface area contributed by atoms with Crippen molar-refractivity contribution in [1.82, 2.24) is 0 Å². The summed E-state index contributed by atoms with van der Waals surface area (Å²) in [4.78, 5) is 37.2. The third-order valence-electron chi connectivity index (χ3n) is 4.24. The Kier molecular flexibility index (Phi) is 3.04. The number of hydrogen-bond donors (Lipinski definition) is 1. The van der Waals surface area contributed by atoms with Crippen LogP contribution in [0.4, 0.5) is 17.1 Å². The van der Waals surface area contributed by atoms with Gasteiger partial charge in [0.2, 0.25) is 0 Å². The van der Waals surface area contributed by atoms with Gasteiger partial charge in [-0.3, -0.25) is 19.7 Å². The Labute approximate surface area is 141 Å². The van der Waals surface area contributed by atoms with Gasteiger partial charge in [-0.25, -0.2) is 4.90 Å². The average molecular weight is 333 g/mol. The topological polar surface area (TPSA) is 107 Å². The molecular formula is C18H11N3O4. The molecule has 0 radical (unpaired) electrons. The van der Waals surface area contributed by atoms with Crippen LogP contribution < -0.4 is 10.6 Å². The fourth-order valence-electron chi connectivity index (χ4n) is 3.09. The Hall–Kier alpha value is -3.74. The molecule has 0 saturated carbocycles. The van der Waals surface area contributed by atoms with Crippen molar-refractivity contribution in [2.45, 2.75) is 0 Å². The zero-order valence-corrected chi connectivity index (χ0v) is 12.8. The van der Waals surface area contributed by atoms with Gasteiger partial charge in [-0.2, -0.15) is 0 Å². The molecule has 4 rings (SSSR count). The first-order chi connectivity index (χ1) is 12.0. The summed E-state index contributed by atoms with van der Waals surface area (Å²) in [6.45, 7) is 0. The lowest BCUT2D eigenvalue weighted by Gasteiger charge is -2.27. The minimum atomic E-state index is -0.646. The molecule has 0 fully saturated rings. The van der Waals surface area contributed by atoms with Gasteiger partial charge in [0.15, 0.2) is 0 Å². The van der Waals surface area contributed by atoms with Crippen LogP contribution in [0.1, 0.15) is 20.7 Å². The zero-order chi connectivity index (χ0) is 17.7. The maximum Gasteiger partial charge on any atom is 0.294 e. The van der Waals surface area contributed by atoms with Gasteiger partial charge in [-0.15, -0.1) is 0 Å². The van der Waals surface area contributed by atoms with Crippen LogP contribution in [0, 0.1) is 10.1 Å². The highest BCUT2D eigenvalue weighted by Crippen LogP contribution is 2.35. The van der Waals surface area contributed by atoms with E-state index in [-0.39, 0.29) is 17.1 Å². The van der Waals surface area contributed by atoms with Crippen molar-refractivity contribution >= 4 is 39.6 Å². The Morgan fingerprint density at radius 2 is 1.52 bits per heavy atom. The molecule has 3 aromatic rings. The number of nitrogens with two attached hydrogens (primary N) is 1. The molecule has 0 spiro atoms. The lowest BCUT2D eigenvalue weighted by Crippen LogP contribution is -2.40. The number of nitrogen functional groups attached to an aromatic ring is 1. The molecule has 2 N–H and O–H groups in total. The SMILES string of the molecule is Nc1ccc(N2C(=O)c3cccc4cccc(c34)C2=O)cc1[N+](=O)[O-]. The Morgan fingerprint density at radius 3 is 2.08 bits per heavy atom. The first kappa shape index (κ1) is 14.8. The normalized spacial score (nSPS) is 13.4. The second-order valence-corrected chi connectivity index (χ2v) is 5.66. The van der Waals surface area contributed by atoms with E-state index < -0.39 is 16.7 Å². The molecule has 7 nitrogen and oxygen atoms in total. The van der Waals surface area contributed by atoms with Crippen LogP contribution in [-0.4, -0.2) is 16.7 Å². The molecule has 7 heteroatoms. The highest BCUT2D eigenvalue weighted by Gasteiger charge is 2.34. The summed E-state index contributed by atoms with van der Waals surface area (Å²) in [5.41, 5.74) is 6.09. The van der Waals surface area contributed by atoms with Gasteiger partial charge in [0.1, 0.15) is 5.69 Å². The van der Waals surface area contributed by atoms with Crippen molar-refractivity contribution in [1.29, 1.82) is 0 Å². The highest BCUT2D eigenvalue weighted by molar-refractivity contribution is 6.35. The van der Waals surface area contributed by atoms with Crippen molar-refractivity contribution in [2.75, 3.05) is 10.6 Å². The van der Waals surface area contributed by atoms with Gasteiger partial charge >= 0.3 is 0 Å². The molecule has 2 amide bonds. The number of amides is 2. The summed E-state index contributed by atoms with van der Waals surface area (Å²) >= 11 is 0. The number of anilines is 2. The van der Waals surface area contributed by atoms with Gasteiger partial charge < -0.3 is 5.73 Å². The van der Waals surface area contributed by atoms with Crippen LogP contribution in [0.2, 0.25) is 0 Å². The highest BCUT2D eigenvalue weighted by atomic mass is 16.6. The largest absolute Gasteiger partial charge is 0.393 e. The van der Waals surface area contributed by atoms with Gasteiger partial charge in [0.05, 0.1) is 10.6 Å². The van der Waals surface area contributed by atoms with E-state index in [1.165, 1.54) is 12.1 Å². The molecule has 1 aliphatic rings. The van der Waals surface area contributed by atoms with Gasteiger partial charge in [-0.1, -0.05) is 24.3 Å². The first-order valence-electron chi connectivity index (χ1n) is 7.43. The van der Waals surface area contributed by atoms with Crippen LogP contribution >= 0.6 is 0 Å². The van der Waals surface area contributed by atoms with Crippen molar-refractivity contribution in [3.63, 3.8) is 0 Å². The molecule has 0 aromatic heterocycles. The number of carbonyl (C=O) groups is 2. The monoisotopic (exact) mass is 333 g/mol. The van der Waals surface area contributed by atoms with Crippen LogP contribution in [0.5, 0.6) is 0 Å². The summed E-state index contributed by atoms with van der Waals surface area (Å²) in [7, 11) is 0. The van der Waals surface area contributed by atoms with Crippen LogP contribution in [0.25, 0.3) is 10.8 Å². The molecule has 122 valence electrons. The molecular weight excluding hydrogens is 322 g/mol. The summed E-state index contributed by atoms with van der Waals surface area (Å²) in [5, 5.41) is 12.5. The number of imide groups is 1. The predicted octanol–water partition coefficient (Wildman–Crippen LogP) is 3.13. The minimum absolute atomic E-state index is 0.0341. The van der Waals surface area contributed by atoms with Gasteiger partial charge in [0.25, 0.3) is 17.5 Å². The number of benzene rings is 3. The number of nitro benzene ring substituents is 1. The molecule has 25 heavy (non-hydrogen) atoms. The van der Waals surface area contributed by atoms with E-state index in [2.05, 4.69) is 0 Å². The number of rotatable bonds is 2. The Balaban J connectivity index is 1.94. The zero-order valence-electron chi connectivity index (χ0n) is 12.8. The van der Waals surface area contributed by atoms with E-state index in [0.717, 1.165) is 16.4 Å². The molecule has 0 atom stereocenters. The molecule has 1 heterocycles. The van der Waals surface area contributed by atoms with Crippen molar-refractivity contribution in [3.8, 4) is 0 Å². The molecule has 0 bridgehead atoms. The fraction of sp³-hybridized carbons (Fsp3) is 0. The fourth-order valence-corrected chi connectivity index (χ4v) is 3.09. The Morgan fingerprint density at radius 1 is 0.920 bits per heavy atom. The van der Waals surface area contributed by atoms with E-state index in [1.807, 2.05) is 12.1 Å². The second-order valence-electron chi connectivity index (χ2n) is 5.66. The van der Waals surface area contributed by atoms with Crippen LogP contribution in [-0.2, 0) is 0 Å². The summed E-state index contributed by atoms with van der Waals surface area (Å²) in [5.74, 6) is -1.04. The number of hydrogen-bond acceptors (Lipinski definition) is 5. The Bertz CT molecular complexity index is 1040. The number of carbonyl (C=O) groups excluding carboxylic acids is 2. The first-order valence-corrected chi connectivity index (χ1v) is 7.43. The molecule has 0 unspecified atom stereocenters. The molecule has 3 aromatic carbocycles. The maximum atomic E-state index is 12.9. The molecule has 0 aliphatic carbocycles. The third kappa shape index (κ3) is 2.06. The predicted molar refractivity (Wildman–Crippen MR) is 92.6 cm³/mol. The number of nitrogens with zero attached hydrogens (tertiary/aromatic N) is 2. The molecule has 1 aliphatic heterocycles. The van der Waals surface area contributed by atoms with Gasteiger partial charge in [0, 0.05) is 22.6 Å². The van der Waals surface area contributed by atoms with Crippen LogP contribution in [0.15, 0.2) is 54.6 Å². The van der Waals surface area contributed by atoms with E-state index in [0.29, 0.717) is 16.5 Å². The summed E-state index contributed by atoms with van der Waals surface area (Å²) in [6.07, 6.45) is 0. The quantitative estimate of drug-likeness (QED) is 0.335.